The van der Waals surface area contributed by atoms with E-state index in [1.807, 2.05) is 11.3 Å². The van der Waals surface area contributed by atoms with Crippen LogP contribution in [0.2, 0.25) is 0 Å². The molecule has 2 heterocycles. The zero-order chi connectivity index (χ0) is 16.4. The molecule has 24 heavy (non-hydrogen) atoms. The predicted molar refractivity (Wildman–Crippen MR) is 104 cm³/mol. The summed E-state index contributed by atoms with van der Waals surface area (Å²) in [6.07, 6.45) is 1.12. The molecule has 0 spiro atoms. The van der Waals surface area contributed by atoms with Crippen LogP contribution in [0.15, 0.2) is 54.6 Å². The van der Waals surface area contributed by atoms with Gasteiger partial charge in [0.25, 0.3) is 0 Å². The maximum absolute atomic E-state index is 3.48. The van der Waals surface area contributed by atoms with Gasteiger partial charge in [-0.15, -0.1) is 11.3 Å². The summed E-state index contributed by atoms with van der Waals surface area (Å²) in [5.74, 6) is 0. The number of aryl methyl sites for hydroxylation is 1. The topological polar surface area (TPSA) is 15.3 Å². The summed E-state index contributed by atoms with van der Waals surface area (Å²) < 4.78 is 0. The highest BCUT2D eigenvalue weighted by molar-refractivity contribution is 7.12. The Labute approximate surface area is 148 Å². The van der Waals surface area contributed by atoms with Crippen LogP contribution in [-0.2, 0) is 6.42 Å². The molecule has 0 radical (unpaired) electrons. The molecule has 1 atom stereocenters. The van der Waals surface area contributed by atoms with E-state index in [9.17, 15) is 0 Å². The molecule has 0 aliphatic carbocycles. The van der Waals surface area contributed by atoms with Crippen molar-refractivity contribution in [2.75, 3.05) is 26.2 Å². The van der Waals surface area contributed by atoms with Gasteiger partial charge in [-0.1, -0.05) is 43.3 Å². The van der Waals surface area contributed by atoms with Gasteiger partial charge in [-0.3, -0.25) is 4.90 Å². The predicted octanol–water partition coefficient (Wildman–Crippen LogP) is 4.46. The molecule has 1 N–H and O–H groups in total. The lowest BCUT2D eigenvalue weighted by Gasteiger charge is -2.35. The molecule has 2 nitrogen and oxygen atoms in total. The van der Waals surface area contributed by atoms with E-state index < -0.39 is 0 Å². The lowest BCUT2D eigenvalue weighted by atomic mass is 9.99. The van der Waals surface area contributed by atoms with Crippen molar-refractivity contribution < 1.29 is 0 Å². The highest BCUT2D eigenvalue weighted by Crippen LogP contribution is 2.35. The van der Waals surface area contributed by atoms with E-state index in [1.54, 1.807) is 0 Å². The molecule has 1 fully saturated rings. The fourth-order valence-corrected chi connectivity index (χ4v) is 4.72. The maximum Gasteiger partial charge on any atom is 0.0697 e. The first-order chi connectivity index (χ1) is 11.8. The van der Waals surface area contributed by atoms with Crippen molar-refractivity contribution in [3.05, 3.63) is 69.9 Å². The van der Waals surface area contributed by atoms with Crippen LogP contribution in [0.1, 0.15) is 28.3 Å². The Hall–Kier alpha value is -1.68. The summed E-state index contributed by atoms with van der Waals surface area (Å²) >= 11 is 1.97. The van der Waals surface area contributed by atoms with Crippen molar-refractivity contribution >= 4 is 22.1 Å². The molecule has 3 aromatic rings. The Morgan fingerprint density at radius 3 is 2.54 bits per heavy atom. The highest BCUT2D eigenvalue weighted by atomic mass is 32.1. The van der Waals surface area contributed by atoms with Crippen LogP contribution in [0.4, 0.5) is 0 Å². The number of nitrogens with zero attached hydrogens (tertiary/aromatic N) is 1. The first kappa shape index (κ1) is 15.8. The monoisotopic (exact) mass is 336 g/mol. The maximum atomic E-state index is 3.48. The Bertz CT molecular complexity index is 817. The van der Waals surface area contributed by atoms with Gasteiger partial charge in [0.05, 0.1) is 6.04 Å². The number of thiophene rings is 1. The zero-order valence-electron chi connectivity index (χ0n) is 14.2. The van der Waals surface area contributed by atoms with E-state index in [-0.39, 0.29) is 0 Å². The van der Waals surface area contributed by atoms with Gasteiger partial charge in [-0.05, 0) is 41.0 Å². The molecular weight excluding hydrogens is 312 g/mol. The molecule has 1 aliphatic rings. The number of hydrogen-bond donors (Lipinski definition) is 1. The lowest BCUT2D eigenvalue weighted by molar-refractivity contribution is 0.201. The van der Waals surface area contributed by atoms with Gasteiger partial charge in [0.1, 0.15) is 0 Å². The standard InChI is InChI=1S/C21H24N2S/c1-2-19-9-10-20(24-19)21(23-13-11-22-12-14-23)18-8-7-16-5-3-4-6-17(16)15-18/h3-10,15,21-22H,2,11-14H2,1H3. The average Bonchev–Trinajstić information content (AvgIpc) is 3.11. The van der Waals surface area contributed by atoms with Gasteiger partial charge in [0, 0.05) is 35.9 Å². The Morgan fingerprint density at radius 2 is 1.79 bits per heavy atom. The van der Waals surface area contributed by atoms with Crippen molar-refractivity contribution in [2.45, 2.75) is 19.4 Å². The third kappa shape index (κ3) is 3.12. The Balaban J connectivity index is 1.77. The number of hydrogen-bond acceptors (Lipinski definition) is 3. The molecule has 2 aromatic carbocycles. The van der Waals surface area contributed by atoms with Gasteiger partial charge in [-0.25, -0.2) is 0 Å². The van der Waals surface area contributed by atoms with Crippen LogP contribution < -0.4 is 5.32 Å². The Kier molecular flexibility index (Phi) is 4.65. The fourth-order valence-electron chi connectivity index (χ4n) is 3.60. The van der Waals surface area contributed by atoms with Gasteiger partial charge in [0.15, 0.2) is 0 Å². The molecule has 1 aromatic heterocycles. The summed E-state index contributed by atoms with van der Waals surface area (Å²) in [4.78, 5) is 5.58. The van der Waals surface area contributed by atoms with Crippen molar-refractivity contribution in [3.8, 4) is 0 Å². The summed E-state index contributed by atoms with van der Waals surface area (Å²) in [5.41, 5.74) is 1.42. The van der Waals surface area contributed by atoms with E-state index in [0.29, 0.717) is 6.04 Å². The van der Waals surface area contributed by atoms with Crippen molar-refractivity contribution in [1.29, 1.82) is 0 Å². The quantitative estimate of drug-likeness (QED) is 0.757. The molecule has 1 saturated heterocycles. The number of rotatable bonds is 4. The van der Waals surface area contributed by atoms with Crippen LogP contribution in [0.5, 0.6) is 0 Å². The summed E-state index contributed by atoms with van der Waals surface area (Å²) in [6.45, 7) is 6.62. The second-order valence-electron chi connectivity index (χ2n) is 6.45. The van der Waals surface area contributed by atoms with Gasteiger partial charge >= 0.3 is 0 Å². The molecule has 0 bridgehead atoms. The minimum Gasteiger partial charge on any atom is -0.314 e. The van der Waals surface area contributed by atoms with Crippen molar-refractivity contribution in [2.24, 2.45) is 0 Å². The largest absolute Gasteiger partial charge is 0.314 e. The third-order valence-corrected chi connectivity index (χ3v) is 6.19. The highest BCUT2D eigenvalue weighted by Gasteiger charge is 2.25. The average molecular weight is 337 g/mol. The Morgan fingerprint density at radius 1 is 1.00 bits per heavy atom. The SMILES string of the molecule is CCc1ccc(C(c2ccc3ccccc3c2)N2CCNCC2)s1. The molecule has 1 aliphatic heterocycles. The lowest BCUT2D eigenvalue weighted by Crippen LogP contribution is -2.45. The van der Waals surface area contributed by atoms with Crippen molar-refractivity contribution in [1.82, 2.24) is 10.2 Å². The van der Waals surface area contributed by atoms with Crippen LogP contribution in [0.25, 0.3) is 10.8 Å². The summed E-state index contributed by atoms with van der Waals surface area (Å²) in [6, 6.07) is 20.7. The number of benzene rings is 2. The minimum absolute atomic E-state index is 0.377. The smallest absolute Gasteiger partial charge is 0.0697 e. The van der Waals surface area contributed by atoms with E-state index in [4.69, 9.17) is 0 Å². The first-order valence-electron chi connectivity index (χ1n) is 8.87. The number of piperazine rings is 1. The number of fused-ring (bicyclic) bond motifs is 1. The molecule has 1 unspecified atom stereocenters. The zero-order valence-corrected chi connectivity index (χ0v) is 15.0. The third-order valence-electron chi connectivity index (χ3n) is 4.91. The van der Waals surface area contributed by atoms with Gasteiger partial charge in [-0.2, -0.15) is 0 Å². The van der Waals surface area contributed by atoms with Crippen molar-refractivity contribution in [3.63, 3.8) is 0 Å². The van der Waals surface area contributed by atoms with E-state index in [0.717, 1.165) is 32.6 Å². The van der Waals surface area contributed by atoms with E-state index in [1.165, 1.54) is 26.1 Å². The second kappa shape index (κ2) is 7.06. The fraction of sp³-hybridized carbons (Fsp3) is 0.333. The van der Waals surface area contributed by atoms with E-state index in [2.05, 4.69) is 71.7 Å². The van der Waals surface area contributed by atoms with Crippen LogP contribution in [0, 0.1) is 0 Å². The minimum atomic E-state index is 0.377. The van der Waals surface area contributed by atoms with Gasteiger partial charge < -0.3 is 5.32 Å². The first-order valence-corrected chi connectivity index (χ1v) is 9.69. The second-order valence-corrected chi connectivity index (χ2v) is 7.65. The van der Waals surface area contributed by atoms with Crippen LogP contribution >= 0.6 is 11.3 Å². The van der Waals surface area contributed by atoms with E-state index >= 15 is 0 Å². The van der Waals surface area contributed by atoms with Crippen LogP contribution in [-0.4, -0.2) is 31.1 Å². The summed E-state index contributed by atoms with van der Waals surface area (Å²) in [5, 5.41) is 6.14. The number of nitrogens with one attached hydrogen (secondary N) is 1. The molecule has 124 valence electrons. The molecule has 4 rings (SSSR count). The molecule has 0 amide bonds. The molecule has 3 heteroatoms. The van der Waals surface area contributed by atoms with Crippen LogP contribution in [0.3, 0.4) is 0 Å². The molecule has 0 saturated carbocycles. The molecular formula is C21H24N2S. The summed E-state index contributed by atoms with van der Waals surface area (Å²) in [7, 11) is 0. The van der Waals surface area contributed by atoms with Gasteiger partial charge in [0.2, 0.25) is 0 Å². The normalized spacial score (nSPS) is 17.2.